The van der Waals surface area contributed by atoms with Crippen molar-refractivity contribution in [2.24, 2.45) is 0 Å². The second kappa shape index (κ2) is 9.22. The van der Waals surface area contributed by atoms with Crippen molar-refractivity contribution in [3.63, 3.8) is 0 Å². The van der Waals surface area contributed by atoms with Gasteiger partial charge in [-0.2, -0.15) is 0 Å². The summed E-state index contributed by atoms with van der Waals surface area (Å²) in [4.78, 5) is 27.9. The molecule has 0 radical (unpaired) electrons. The van der Waals surface area contributed by atoms with Crippen molar-refractivity contribution >= 4 is 29.3 Å². The van der Waals surface area contributed by atoms with E-state index in [2.05, 4.69) is 10.6 Å². The largest absolute Gasteiger partial charge is 0.465 e. The smallest absolute Gasteiger partial charge is 0.410 e. The Hall–Kier alpha value is -3.04. The molecule has 1 unspecified atom stereocenters. The number of halogens is 1. The van der Waals surface area contributed by atoms with Crippen LogP contribution in [0.2, 0.25) is 0 Å². The zero-order valence-corrected chi connectivity index (χ0v) is 18.3. The van der Waals surface area contributed by atoms with Crippen LogP contribution in [0.3, 0.4) is 0 Å². The first-order valence-corrected chi connectivity index (χ1v) is 10.9. The number of thiocarbonyl (C=S) groups is 1. The van der Waals surface area contributed by atoms with Crippen molar-refractivity contribution < 1.29 is 19.1 Å². The van der Waals surface area contributed by atoms with Crippen molar-refractivity contribution in [3.05, 3.63) is 71.5 Å². The minimum atomic E-state index is -1.20. The maximum Gasteiger partial charge on any atom is 0.410 e. The molecule has 2 fully saturated rings. The number of nitrogens with zero attached hydrogens (tertiary/aromatic N) is 2. The van der Waals surface area contributed by atoms with Gasteiger partial charge in [-0.15, -0.1) is 0 Å². The topological polar surface area (TPSA) is 84.9 Å². The molecule has 2 saturated heterocycles. The van der Waals surface area contributed by atoms with Crippen LogP contribution >= 0.6 is 12.2 Å². The molecule has 0 aliphatic carbocycles. The van der Waals surface area contributed by atoms with E-state index in [0.717, 1.165) is 5.56 Å². The van der Waals surface area contributed by atoms with Crippen LogP contribution in [0.5, 0.6) is 0 Å². The summed E-state index contributed by atoms with van der Waals surface area (Å²) < 4.78 is 14.4. The standard InChI is InChI=1S/C23H25FN4O3S/c24-18-9-5-4-8-17(18)15-28-20(29)19(14-16-6-2-1-3-7-16)26-23(28)10-12-27(13-11-23)21(32)25-22(30)31/h1-9,19,26H,10-15H2,(H,25,32)(H,30,31). The van der Waals surface area contributed by atoms with Crippen LogP contribution in [0.1, 0.15) is 24.0 Å². The van der Waals surface area contributed by atoms with Crippen molar-refractivity contribution in [2.45, 2.75) is 37.5 Å². The Morgan fingerprint density at radius 2 is 1.81 bits per heavy atom. The third-order valence-electron chi connectivity index (χ3n) is 6.18. The van der Waals surface area contributed by atoms with Gasteiger partial charge >= 0.3 is 6.09 Å². The van der Waals surface area contributed by atoms with E-state index in [-0.39, 0.29) is 23.4 Å². The fourth-order valence-electron chi connectivity index (χ4n) is 4.54. The fourth-order valence-corrected chi connectivity index (χ4v) is 4.81. The maximum atomic E-state index is 14.4. The number of rotatable bonds is 4. The molecule has 1 spiro atoms. The number of carbonyl (C=O) groups is 2. The first-order chi connectivity index (χ1) is 15.4. The molecule has 2 aliphatic rings. The summed E-state index contributed by atoms with van der Waals surface area (Å²) in [7, 11) is 0. The fraction of sp³-hybridized carbons (Fsp3) is 0.348. The highest BCUT2D eigenvalue weighted by atomic mass is 32.1. The van der Waals surface area contributed by atoms with Gasteiger partial charge in [0.05, 0.1) is 18.2 Å². The molecule has 0 aromatic heterocycles. The number of piperidine rings is 1. The molecule has 2 aromatic carbocycles. The highest BCUT2D eigenvalue weighted by molar-refractivity contribution is 7.80. The number of hydrogen-bond acceptors (Lipinski definition) is 4. The van der Waals surface area contributed by atoms with Crippen molar-refractivity contribution in [1.29, 1.82) is 0 Å². The monoisotopic (exact) mass is 456 g/mol. The summed E-state index contributed by atoms with van der Waals surface area (Å²) in [6, 6.07) is 15.9. The molecule has 4 rings (SSSR count). The molecule has 3 N–H and O–H groups in total. The highest BCUT2D eigenvalue weighted by Crippen LogP contribution is 2.35. The summed E-state index contributed by atoms with van der Waals surface area (Å²) in [6.07, 6.45) is 0.422. The summed E-state index contributed by atoms with van der Waals surface area (Å²) >= 11 is 5.18. The number of nitrogens with one attached hydrogen (secondary N) is 2. The van der Waals surface area contributed by atoms with Gasteiger partial charge in [-0.1, -0.05) is 48.5 Å². The summed E-state index contributed by atoms with van der Waals surface area (Å²) in [5.74, 6) is -0.400. The first-order valence-electron chi connectivity index (χ1n) is 10.5. The van der Waals surface area contributed by atoms with Crippen LogP contribution in [0.15, 0.2) is 54.6 Å². The van der Waals surface area contributed by atoms with E-state index >= 15 is 0 Å². The molecule has 2 aliphatic heterocycles. The lowest BCUT2D eigenvalue weighted by Crippen LogP contribution is -2.60. The van der Waals surface area contributed by atoms with Gasteiger partial charge in [0, 0.05) is 31.5 Å². The molecular weight excluding hydrogens is 431 g/mol. The van der Waals surface area contributed by atoms with Crippen molar-refractivity contribution in [2.75, 3.05) is 13.1 Å². The van der Waals surface area contributed by atoms with Gasteiger partial charge in [0.15, 0.2) is 5.11 Å². The second-order valence-electron chi connectivity index (χ2n) is 8.16. The number of carbonyl (C=O) groups excluding carboxylic acids is 1. The highest BCUT2D eigenvalue weighted by Gasteiger charge is 2.51. The molecule has 9 heteroatoms. The van der Waals surface area contributed by atoms with Gasteiger partial charge < -0.3 is 14.9 Å². The number of hydrogen-bond donors (Lipinski definition) is 3. The molecule has 0 saturated carbocycles. The molecule has 168 valence electrons. The Balaban J connectivity index is 1.56. The summed E-state index contributed by atoms with van der Waals surface area (Å²) in [5.41, 5.74) is 0.868. The average Bonchev–Trinajstić information content (AvgIpc) is 3.01. The Bertz CT molecular complexity index is 1010. The third kappa shape index (κ3) is 4.58. The Labute approximate surface area is 191 Å². The van der Waals surface area contributed by atoms with Gasteiger partial charge in [-0.25, -0.2) is 9.18 Å². The molecular formula is C23H25FN4O3S. The number of amides is 2. The quantitative estimate of drug-likeness (QED) is 0.614. The number of carboxylic acid groups (broad SMARTS) is 1. The predicted octanol–water partition coefficient (Wildman–Crippen LogP) is 2.71. The predicted molar refractivity (Wildman–Crippen MR) is 121 cm³/mol. The van der Waals surface area contributed by atoms with Crippen molar-refractivity contribution in [1.82, 2.24) is 20.4 Å². The van der Waals surface area contributed by atoms with E-state index in [0.29, 0.717) is 37.9 Å². The average molecular weight is 457 g/mol. The van der Waals surface area contributed by atoms with Gasteiger partial charge in [0.2, 0.25) is 5.91 Å². The number of benzene rings is 2. The lowest BCUT2D eigenvalue weighted by molar-refractivity contribution is -0.134. The van der Waals surface area contributed by atoms with Crippen LogP contribution < -0.4 is 10.6 Å². The minimum absolute atomic E-state index is 0.0585. The molecule has 2 heterocycles. The van der Waals surface area contributed by atoms with Gasteiger partial charge in [0.25, 0.3) is 0 Å². The van der Waals surface area contributed by atoms with Crippen LogP contribution in [-0.4, -0.2) is 56.8 Å². The second-order valence-corrected chi connectivity index (χ2v) is 8.54. The zero-order chi connectivity index (χ0) is 22.7. The normalized spacial score (nSPS) is 19.9. The molecule has 1 atom stereocenters. The van der Waals surface area contributed by atoms with E-state index < -0.39 is 17.8 Å². The van der Waals surface area contributed by atoms with Gasteiger partial charge in [0.1, 0.15) is 5.82 Å². The van der Waals surface area contributed by atoms with E-state index in [9.17, 15) is 14.0 Å². The minimum Gasteiger partial charge on any atom is -0.465 e. The van der Waals surface area contributed by atoms with Crippen LogP contribution in [0.25, 0.3) is 0 Å². The summed E-state index contributed by atoms with van der Waals surface area (Å²) in [5, 5.41) is 14.9. The number of likely N-dealkylation sites (tertiary alicyclic amines) is 1. The first kappa shape index (κ1) is 22.2. The molecule has 0 bridgehead atoms. The van der Waals surface area contributed by atoms with Crippen molar-refractivity contribution in [3.8, 4) is 0 Å². The Morgan fingerprint density at radius 3 is 2.47 bits per heavy atom. The molecule has 2 amide bonds. The van der Waals surface area contributed by atoms with Gasteiger partial charge in [-0.05, 0) is 30.3 Å². The van der Waals surface area contributed by atoms with E-state index in [1.165, 1.54) is 6.07 Å². The van der Waals surface area contributed by atoms with E-state index in [1.54, 1.807) is 28.0 Å². The Morgan fingerprint density at radius 1 is 1.16 bits per heavy atom. The van der Waals surface area contributed by atoms with Gasteiger partial charge in [-0.3, -0.25) is 15.4 Å². The molecule has 32 heavy (non-hydrogen) atoms. The lowest BCUT2D eigenvalue weighted by atomic mass is 9.95. The lowest BCUT2D eigenvalue weighted by Gasteiger charge is -2.45. The third-order valence-corrected chi connectivity index (χ3v) is 6.54. The zero-order valence-electron chi connectivity index (χ0n) is 17.5. The maximum absolute atomic E-state index is 14.4. The van der Waals surface area contributed by atoms with E-state index in [1.807, 2.05) is 30.3 Å². The molecule has 2 aromatic rings. The van der Waals surface area contributed by atoms with Crippen LogP contribution in [0.4, 0.5) is 9.18 Å². The van der Waals surface area contributed by atoms with Crippen LogP contribution in [-0.2, 0) is 17.8 Å². The SMILES string of the molecule is O=C(O)NC(=S)N1CCC2(CC1)NC(Cc1ccccc1)C(=O)N2Cc1ccccc1F. The summed E-state index contributed by atoms with van der Waals surface area (Å²) in [6.45, 7) is 1.12. The molecule has 7 nitrogen and oxygen atoms in total. The Kier molecular flexibility index (Phi) is 6.38. The van der Waals surface area contributed by atoms with Crippen LogP contribution in [0, 0.1) is 5.82 Å². The van der Waals surface area contributed by atoms with E-state index in [4.69, 9.17) is 17.3 Å².